The third kappa shape index (κ3) is 4.09. The monoisotopic (exact) mass is 362 g/mol. The van der Waals surface area contributed by atoms with Gasteiger partial charge in [0.2, 0.25) is 17.7 Å². The van der Waals surface area contributed by atoms with Crippen LogP contribution in [0.2, 0.25) is 0 Å². The minimum Gasteiger partial charge on any atom is -0.424 e. The molecule has 1 aliphatic carbocycles. The van der Waals surface area contributed by atoms with Crippen LogP contribution >= 0.6 is 0 Å². The summed E-state index contributed by atoms with van der Waals surface area (Å²) < 4.78 is 11.0. The molecule has 3 aliphatic rings. The van der Waals surface area contributed by atoms with Crippen LogP contribution in [-0.2, 0) is 16.1 Å². The second kappa shape index (κ2) is 7.64. The lowest BCUT2D eigenvalue weighted by Crippen LogP contribution is -2.54. The van der Waals surface area contributed by atoms with E-state index in [1.54, 1.807) is 7.11 Å². The van der Waals surface area contributed by atoms with Gasteiger partial charge in [0.05, 0.1) is 6.54 Å². The molecule has 0 bridgehead atoms. The van der Waals surface area contributed by atoms with Crippen molar-refractivity contribution >= 4 is 5.91 Å². The van der Waals surface area contributed by atoms with E-state index in [-0.39, 0.29) is 5.41 Å². The first kappa shape index (κ1) is 17.9. The topological polar surface area (TPSA) is 71.7 Å². The number of hydrogen-bond acceptors (Lipinski definition) is 6. The third-order valence-electron chi connectivity index (χ3n) is 6.03. The molecule has 7 heteroatoms. The smallest absolute Gasteiger partial charge is 0.230 e. The number of aromatic nitrogens is 2. The van der Waals surface area contributed by atoms with Crippen LogP contribution in [-0.4, -0.2) is 65.8 Å². The zero-order valence-electron chi connectivity index (χ0n) is 15.8. The Labute approximate surface area is 155 Å². The molecule has 7 nitrogen and oxygen atoms in total. The van der Waals surface area contributed by atoms with Gasteiger partial charge >= 0.3 is 0 Å². The summed E-state index contributed by atoms with van der Waals surface area (Å²) in [4.78, 5) is 16.8. The molecule has 4 rings (SSSR count). The SMILES string of the molecule is COCCCN1C[C@@]2(CCCN(Cc3nnc(C4CC4)o3)C2)CCC1=O. The summed E-state index contributed by atoms with van der Waals surface area (Å²) in [5.41, 5.74) is 0.221. The average Bonchev–Trinajstić information content (AvgIpc) is 3.39. The molecule has 1 aromatic rings. The Morgan fingerprint density at radius 1 is 1.27 bits per heavy atom. The van der Waals surface area contributed by atoms with Gasteiger partial charge in [0.15, 0.2) is 0 Å². The minimum absolute atomic E-state index is 0.221. The average molecular weight is 362 g/mol. The second-order valence-electron chi connectivity index (χ2n) is 8.28. The fourth-order valence-electron chi connectivity index (χ4n) is 4.50. The summed E-state index contributed by atoms with van der Waals surface area (Å²) in [5.74, 6) is 2.37. The number of hydrogen-bond donors (Lipinski definition) is 0. The van der Waals surface area contributed by atoms with E-state index in [1.165, 1.54) is 25.7 Å². The lowest BCUT2D eigenvalue weighted by molar-refractivity contribution is -0.139. The molecule has 2 aliphatic heterocycles. The quantitative estimate of drug-likeness (QED) is 0.693. The molecule has 0 aromatic carbocycles. The van der Waals surface area contributed by atoms with Crippen LogP contribution in [0.15, 0.2) is 4.42 Å². The van der Waals surface area contributed by atoms with E-state index >= 15 is 0 Å². The number of ether oxygens (including phenoxy) is 1. The number of likely N-dealkylation sites (tertiary alicyclic amines) is 2. The van der Waals surface area contributed by atoms with Gasteiger partial charge in [0.1, 0.15) is 0 Å². The van der Waals surface area contributed by atoms with E-state index in [2.05, 4.69) is 20.0 Å². The van der Waals surface area contributed by atoms with E-state index in [0.29, 0.717) is 24.9 Å². The molecule has 0 radical (unpaired) electrons. The van der Waals surface area contributed by atoms with E-state index in [0.717, 1.165) is 57.3 Å². The first-order valence-corrected chi connectivity index (χ1v) is 9.99. The standard InChI is InChI=1S/C19H30N4O3/c1-25-11-3-10-23-14-19(8-6-17(23)24)7-2-9-22(13-19)12-16-20-21-18(26-16)15-4-5-15/h15H,2-14H2,1H3/t19-/m0/s1. The Bertz CT molecular complexity index is 630. The van der Waals surface area contributed by atoms with Crippen LogP contribution in [0.1, 0.15) is 62.6 Å². The van der Waals surface area contributed by atoms with Crippen molar-refractivity contribution in [2.45, 2.75) is 57.4 Å². The van der Waals surface area contributed by atoms with Crippen LogP contribution < -0.4 is 0 Å². The molecule has 1 amide bonds. The normalized spacial score (nSPS) is 27.4. The molecular formula is C19H30N4O3. The largest absolute Gasteiger partial charge is 0.424 e. The molecule has 1 spiro atoms. The zero-order chi connectivity index (χ0) is 18.0. The van der Waals surface area contributed by atoms with Crippen LogP contribution in [0, 0.1) is 5.41 Å². The summed E-state index contributed by atoms with van der Waals surface area (Å²) in [6, 6.07) is 0. The van der Waals surface area contributed by atoms with Crippen molar-refractivity contribution in [1.82, 2.24) is 20.0 Å². The van der Waals surface area contributed by atoms with Crippen LogP contribution in [0.4, 0.5) is 0 Å². The minimum atomic E-state index is 0.221. The van der Waals surface area contributed by atoms with Gasteiger partial charge in [-0.2, -0.15) is 0 Å². The molecule has 3 heterocycles. The Hall–Kier alpha value is -1.47. The summed E-state index contributed by atoms with van der Waals surface area (Å²) in [6.45, 7) is 5.22. The molecule has 26 heavy (non-hydrogen) atoms. The highest BCUT2D eigenvalue weighted by Crippen LogP contribution is 2.40. The van der Waals surface area contributed by atoms with Crippen molar-refractivity contribution in [3.63, 3.8) is 0 Å². The van der Waals surface area contributed by atoms with Gasteiger partial charge < -0.3 is 14.1 Å². The van der Waals surface area contributed by atoms with E-state index in [4.69, 9.17) is 9.15 Å². The number of nitrogens with zero attached hydrogens (tertiary/aromatic N) is 4. The van der Waals surface area contributed by atoms with E-state index < -0.39 is 0 Å². The molecule has 2 saturated heterocycles. The number of piperidine rings is 2. The molecule has 1 saturated carbocycles. The number of methoxy groups -OCH3 is 1. The second-order valence-corrected chi connectivity index (χ2v) is 8.28. The molecule has 3 fully saturated rings. The molecular weight excluding hydrogens is 332 g/mol. The molecule has 144 valence electrons. The molecule has 1 atom stereocenters. The molecule has 1 aromatic heterocycles. The molecule has 0 unspecified atom stereocenters. The van der Waals surface area contributed by atoms with Crippen molar-refractivity contribution in [2.24, 2.45) is 5.41 Å². The lowest BCUT2D eigenvalue weighted by Gasteiger charge is -2.48. The maximum absolute atomic E-state index is 12.3. The fourth-order valence-corrected chi connectivity index (χ4v) is 4.50. The highest BCUT2D eigenvalue weighted by molar-refractivity contribution is 5.77. The summed E-state index contributed by atoms with van der Waals surface area (Å²) >= 11 is 0. The number of carbonyl (C=O) groups is 1. The maximum atomic E-state index is 12.3. The van der Waals surface area contributed by atoms with Gasteiger partial charge in [0, 0.05) is 51.1 Å². The molecule has 0 N–H and O–H groups in total. The summed E-state index contributed by atoms with van der Waals surface area (Å²) in [6.07, 6.45) is 7.32. The zero-order valence-corrected chi connectivity index (χ0v) is 15.8. The van der Waals surface area contributed by atoms with Gasteiger partial charge in [-0.25, -0.2) is 0 Å². The third-order valence-corrected chi connectivity index (χ3v) is 6.03. The Kier molecular flexibility index (Phi) is 5.27. The van der Waals surface area contributed by atoms with Gasteiger partial charge in [-0.05, 0) is 45.1 Å². The lowest BCUT2D eigenvalue weighted by atomic mass is 9.73. The van der Waals surface area contributed by atoms with Crippen molar-refractivity contribution in [3.8, 4) is 0 Å². The highest BCUT2D eigenvalue weighted by atomic mass is 16.5. The summed E-state index contributed by atoms with van der Waals surface area (Å²) in [7, 11) is 1.71. The number of amides is 1. The van der Waals surface area contributed by atoms with E-state index in [1.807, 2.05) is 0 Å². The Morgan fingerprint density at radius 3 is 2.96 bits per heavy atom. The van der Waals surface area contributed by atoms with Gasteiger partial charge in [-0.15, -0.1) is 10.2 Å². The van der Waals surface area contributed by atoms with Crippen molar-refractivity contribution in [2.75, 3.05) is 39.9 Å². The maximum Gasteiger partial charge on any atom is 0.230 e. The van der Waals surface area contributed by atoms with Gasteiger partial charge in [-0.3, -0.25) is 9.69 Å². The Morgan fingerprint density at radius 2 is 2.15 bits per heavy atom. The van der Waals surface area contributed by atoms with Crippen molar-refractivity contribution in [1.29, 1.82) is 0 Å². The highest BCUT2D eigenvalue weighted by Gasteiger charge is 2.41. The fraction of sp³-hybridized carbons (Fsp3) is 0.842. The van der Waals surface area contributed by atoms with Gasteiger partial charge in [-0.1, -0.05) is 0 Å². The van der Waals surface area contributed by atoms with Crippen LogP contribution in [0.5, 0.6) is 0 Å². The van der Waals surface area contributed by atoms with Gasteiger partial charge in [0.25, 0.3) is 0 Å². The van der Waals surface area contributed by atoms with Crippen molar-refractivity contribution < 1.29 is 13.9 Å². The number of rotatable bonds is 7. The summed E-state index contributed by atoms with van der Waals surface area (Å²) in [5, 5.41) is 8.45. The first-order chi connectivity index (χ1) is 12.7. The Balaban J connectivity index is 1.35. The van der Waals surface area contributed by atoms with Crippen LogP contribution in [0.3, 0.4) is 0 Å². The predicted molar refractivity (Wildman–Crippen MR) is 95.5 cm³/mol. The predicted octanol–water partition coefficient (Wildman–Crippen LogP) is 2.19. The number of carbonyl (C=O) groups excluding carboxylic acids is 1. The van der Waals surface area contributed by atoms with Crippen LogP contribution in [0.25, 0.3) is 0 Å². The first-order valence-electron chi connectivity index (χ1n) is 9.99. The van der Waals surface area contributed by atoms with Crippen molar-refractivity contribution in [3.05, 3.63) is 11.8 Å². The van der Waals surface area contributed by atoms with E-state index in [9.17, 15) is 4.79 Å².